The minimum absolute atomic E-state index is 0.0615. The summed E-state index contributed by atoms with van der Waals surface area (Å²) in [5.41, 5.74) is 0.827. The maximum Gasteiger partial charge on any atom is 0.223 e. The second kappa shape index (κ2) is 6.19. The Morgan fingerprint density at radius 3 is 2.82 bits per heavy atom. The van der Waals surface area contributed by atoms with Crippen LogP contribution in [-0.2, 0) is 15.1 Å². The van der Waals surface area contributed by atoms with Gasteiger partial charge < -0.3 is 15.2 Å². The summed E-state index contributed by atoms with van der Waals surface area (Å²) in [5, 5.41) is 13.7. The number of hydrogen-bond acceptors (Lipinski definition) is 3. The molecule has 0 aromatic heterocycles. The number of nitrogens with one attached hydrogen (secondary N) is 1. The van der Waals surface area contributed by atoms with E-state index in [-0.39, 0.29) is 23.5 Å². The summed E-state index contributed by atoms with van der Waals surface area (Å²) in [6.07, 6.45) is 3.08. The predicted octanol–water partition coefficient (Wildman–Crippen LogP) is 2.62. The monoisotopic (exact) mass is 323 g/mol. The molecule has 22 heavy (non-hydrogen) atoms. The Kier molecular flexibility index (Phi) is 4.44. The molecule has 2 N–H and O–H groups in total. The van der Waals surface area contributed by atoms with E-state index in [4.69, 9.17) is 16.3 Å². The molecule has 3 rings (SSSR count). The number of carbonyl (C=O) groups excluding carboxylic acids is 1. The molecule has 1 amide bonds. The molecule has 0 spiro atoms. The average molecular weight is 324 g/mol. The van der Waals surface area contributed by atoms with Gasteiger partial charge in [-0.05, 0) is 49.8 Å². The normalized spacial score (nSPS) is 29.9. The van der Waals surface area contributed by atoms with Crippen molar-refractivity contribution in [3.05, 3.63) is 34.9 Å². The molecule has 5 heteroatoms. The summed E-state index contributed by atoms with van der Waals surface area (Å²) in [5.74, 6) is -0.0311. The minimum Gasteiger partial charge on any atom is -0.390 e. The van der Waals surface area contributed by atoms with Gasteiger partial charge in [0.05, 0.1) is 17.7 Å². The third-order valence-electron chi connectivity index (χ3n) is 4.92. The Labute approximate surface area is 135 Å². The van der Waals surface area contributed by atoms with Crippen LogP contribution in [0.25, 0.3) is 0 Å². The van der Waals surface area contributed by atoms with Crippen LogP contribution in [0.3, 0.4) is 0 Å². The van der Waals surface area contributed by atoms with Gasteiger partial charge in [0.2, 0.25) is 5.91 Å². The van der Waals surface area contributed by atoms with Crippen LogP contribution in [0, 0.1) is 5.92 Å². The number of hydrogen-bond donors (Lipinski definition) is 2. The lowest BCUT2D eigenvalue weighted by Gasteiger charge is -2.32. The van der Waals surface area contributed by atoms with Crippen molar-refractivity contribution in [3.8, 4) is 0 Å². The van der Waals surface area contributed by atoms with Crippen LogP contribution in [0.15, 0.2) is 24.3 Å². The summed E-state index contributed by atoms with van der Waals surface area (Å²) in [7, 11) is 1.59. The molecule has 4 nitrogen and oxygen atoms in total. The molecule has 0 unspecified atom stereocenters. The van der Waals surface area contributed by atoms with Gasteiger partial charge in [-0.1, -0.05) is 23.7 Å². The number of halogens is 1. The van der Waals surface area contributed by atoms with Crippen molar-refractivity contribution >= 4 is 17.5 Å². The Morgan fingerprint density at radius 2 is 2.18 bits per heavy atom. The highest BCUT2D eigenvalue weighted by molar-refractivity contribution is 6.30. The number of carbonyl (C=O) groups is 1. The van der Waals surface area contributed by atoms with Crippen LogP contribution in [0.1, 0.15) is 37.7 Å². The highest BCUT2D eigenvalue weighted by Gasteiger charge is 2.47. The summed E-state index contributed by atoms with van der Waals surface area (Å²) in [6, 6.07) is 7.70. The molecule has 0 heterocycles. The van der Waals surface area contributed by atoms with Gasteiger partial charge >= 0.3 is 0 Å². The molecule has 120 valence electrons. The van der Waals surface area contributed by atoms with E-state index in [9.17, 15) is 9.90 Å². The van der Waals surface area contributed by atoms with Crippen LogP contribution in [0.5, 0.6) is 0 Å². The summed E-state index contributed by atoms with van der Waals surface area (Å²) >= 11 is 6.06. The Morgan fingerprint density at radius 1 is 1.41 bits per heavy atom. The molecule has 0 saturated heterocycles. The number of benzene rings is 1. The maximum atomic E-state index is 12.6. The number of aliphatic hydroxyl groups is 1. The molecule has 0 bridgehead atoms. The molecule has 2 aliphatic carbocycles. The van der Waals surface area contributed by atoms with Crippen molar-refractivity contribution in [2.45, 2.75) is 49.9 Å². The SMILES string of the molecule is CO[C@@H]1C[C@H](C(=O)NC2(c3cccc(Cl)c3)CC2)CC[C@@H]1O. The van der Waals surface area contributed by atoms with Crippen LogP contribution >= 0.6 is 11.6 Å². The van der Waals surface area contributed by atoms with Crippen molar-refractivity contribution in [2.75, 3.05) is 7.11 Å². The van der Waals surface area contributed by atoms with Gasteiger partial charge in [0.25, 0.3) is 0 Å². The molecule has 1 aromatic carbocycles. The first-order valence-corrected chi connectivity index (χ1v) is 8.21. The van der Waals surface area contributed by atoms with Crippen molar-refractivity contribution in [1.29, 1.82) is 0 Å². The van der Waals surface area contributed by atoms with E-state index in [0.29, 0.717) is 24.3 Å². The molecular weight excluding hydrogens is 302 g/mol. The fourth-order valence-electron chi connectivity index (χ4n) is 3.34. The van der Waals surface area contributed by atoms with Gasteiger partial charge in [0, 0.05) is 18.1 Å². The molecule has 0 aliphatic heterocycles. The number of amides is 1. The lowest BCUT2D eigenvalue weighted by Crippen LogP contribution is -2.44. The van der Waals surface area contributed by atoms with Gasteiger partial charge in [-0.3, -0.25) is 4.79 Å². The molecule has 2 saturated carbocycles. The van der Waals surface area contributed by atoms with Crippen molar-refractivity contribution in [2.24, 2.45) is 5.92 Å². The van der Waals surface area contributed by atoms with E-state index < -0.39 is 6.10 Å². The minimum atomic E-state index is -0.461. The Balaban J connectivity index is 1.67. The van der Waals surface area contributed by atoms with Gasteiger partial charge in [-0.15, -0.1) is 0 Å². The second-order valence-corrected chi connectivity index (χ2v) is 6.87. The smallest absolute Gasteiger partial charge is 0.223 e. The van der Waals surface area contributed by atoms with E-state index in [2.05, 4.69) is 5.32 Å². The van der Waals surface area contributed by atoms with Crippen LogP contribution in [-0.4, -0.2) is 30.3 Å². The van der Waals surface area contributed by atoms with Gasteiger partial charge in [-0.25, -0.2) is 0 Å². The largest absolute Gasteiger partial charge is 0.390 e. The van der Waals surface area contributed by atoms with Gasteiger partial charge in [0.1, 0.15) is 0 Å². The molecule has 2 fully saturated rings. The number of aliphatic hydroxyl groups excluding tert-OH is 1. The molecule has 2 aliphatic rings. The maximum absolute atomic E-state index is 12.6. The fourth-order valence-corrected chi connectivity index (χ4v) is 3.53. The highest BCUT2D eigenvalue weighted by Crippen LogP contribution is 2.46. The zero-order valence-electron chi connectivity index (χ0n) is 12.7. The van der Waals surface area contributed by atoms with Crippen molar-refractivity contribution in [1.82, 2.24) is 5.32 Å². The molecule has 0 radical (unpaired) electrons. The molecule has 3 atom stereocenters. The van der Waals surface area contributed by atoms with Crippen LogP contribution in [0.4, 0.5) is 0 Å². The first-order chi connectivity index (χ1) is 10.5. The van der Waals surface area contributed by atoms with E-state index in [1.54, 1.807) is 7.11 Å². The number of ether oxygens (including phenoxy) is 1. The van der Waals surface area contributed by atoms with E-state index >= 15 is 0 Å². The van der Waals surface area contributed by atoms with Gasteiger partial charge in [-0.2, -0.15) is 0 Å². The molecule has 1 aromatic rings. The highest BCUT2D eigenvalue weighted by atomic mass is 35.5. The van der Waals surface area contributed by atoms with Crippen LogP contribution in [0.2, 0.25) is 5.02 Å². The van der Waals surface area contributed by atoms with Crippen molar-refractivity contribution < 1.29 is 14.6 Å². The lowest BCUT2D eigenvalue weighted by atomic mass is 9.84. The van der Waals surface area contributed by atoms with E-state index in [0.717, 1.165) is 18.4 Å². The van der Waals surface area contributed by atoms with Crippen molar-refractivity contribution in [3.63, 3.8) is 0 Å². The zero-order chi connectivity index (χ0) is 15.7. The van der Waals surface area contributed by atoms with E-state index in [1.165, 1.54) is 0 Å². The van der Waals surface area contributed by atoms with Gasteiger partial charge in [0.15, 0.2) is 0 Å². The first-order valence-electron chi connectivity index (χ1n) is 7.83. The third kappa shape index (κ3) is 3.14. The zero-order valence-corrected chi connectivity index (χ0v) is 13.5. The van der Waals surface area contributed by atoms with E-state index in [1.807, 2.05) is 24.3 Å². The predicted molar refractivity (Wildman–Crippen MR) is 84.7 cm³/mol. The first kappa shape index (κ1) is 15.8. The fraction of sp³-hybridized carbons (Fsp3) is 0.588. The lowest BCUT2D eigenvalue weighted by molar-refractivity contribution is -0.131. The summed E-state index contributed by atoms with van der Waals surface area (Å²) < 4.78 is 5.28. The van der Waals surface area contributed by atoms with Crippen LogP contribution < -0.4 is 5.32 Å². The Hall–Kier alpha value is -1.10. The number of rotatable bonds is 4. The summed E-state index contributed by atoms with van der Waals surface area (Å²) in [6.45, 7) is 0. The topological polar surface area (TPSA) is 58.6 Å². The summed E-state index contributed by atoms with van der Waals surface area (Å²) in [4.78, 5) is 12.6. The second-order valence-electron chi connectivity index (χ2n) is 6.43. The third-order valence-corrected chi connectivity index (χ3v) is 5.16. The standard InChI is InChI=1S/C17H22ClNO3/c1-22-15-9-11(5-6-14(15)20)16(21)19-17(7-8-17)12-3-2-4-13(18)10-12/h2-4,10-11,14-15,20H,5-9H2,1H3,(H,19,21)/t11-,14+,15-/m1/s1. The Bertz CT molecular complexity index is 559. The number of methoxy groups -OCH3 is 1. The average Bonchev–Trinajstić information content (AvgIpc) is 3.28. The quantitative estimate of drug-likeness (QED) is 0.895. The molecular formula is C17H22ClNO3.